The van der Waals surface area contributed by atoms with E-state index in [-0.39, 0.29) is 24.2 Å². The van der Waals surface area contributed by atoms with E-state index in [4.69, 9.17) is 9.47 Å². The summed E-state index contributed by atoms with van der Waals surface area (Å²) < 4.78 is 49.5. The van der Waals surface area contributed by atoms with Crippen LogP contribution in [0.4, 0.5) is 13.2 Å². The standard InChI is InChI=1S/C13H13F3O3/c14-13(15,16)10-8-12-11(18-5-2-6-19-12)7-9(10)3-1-4-17/h4,7-8H,1-3,5-6H2. The minimum Gasteiger partial charge on any atom is -0.490 e. The lowest BCUT2D eigenvalue weighted by Gasteiger charge is -2.16. The van der Waals surface area contributed by atoms with E-state index in [0.29, 0.717) is 31.7 Å². The van der Waals surface area contributed by atoms with Crippen LogP contribution in [0, 0.1) is 0 Å². The summed E-state index contributed by atoms with van der Waals surface area (Å²) in [5.41, 5.74) is -0.706. The molecule has 2 rings (SSSR count). The number of alkyl halides is 3. The lowest BCUT2D eigenvalue weighted by atomic mass is 10.0. The fourth-order valence-electron chi connectivity index (χ4n) is 1.94. The Morgan fingerprint density at radius 2 is 1.79 bits per heavy atom. The Hall–Kier alpha value is -1.72. The zero-order valence-electron chi connectivity index (χ0n) is 10.1. The van der Waals surface area contributed by atoms with Gasteiger partial charge in [0, 0.05) is 12.8 Å². The van der Waals surface area contributed by atoms with Crippen molar-refractivity contribution in [2.75, 3.05) is 13.2 Å². The summed E-state index contributed by atoms with van der Waals surface area (Å²) in [5.74, 6) is 0.422. The van der Waals surface area contributed by atoms with Gasteiger partial charge in [-0.15, -0.1) is 0 Å². The molecule has 0 aromatic heterocycles. The van der Waals surface area contributed by atoms with E-state index in [1.165, 1.54) is 6.07 Å². The molecular formula is C13H13F3O3. The third-order valence-electron chi connectivity index (χ3n) is 2.81. The summed E-state index contributed by atoms with van der Waals surface area (Å²) in [6.07, 6.45) is -3.16. The Kier molecular flexibility index (Phi) is 3.97. The second-order valence-electron chi connectivity index (χ2n) is 4.21. The van der Waals surface area contributed by atoms with Gasteiger partial charge in [-0.25, -0.2) is 0 Å². The number of carbonyl (C=O) groups is 1. The van der Waals surface area contributed by atoms with Crippen LogP contribution < -0.4 is 9.47 Å². The van der Waals surface area contributed by atoms with Crippen molar-refractivity contribution in [1.29, 1.82) is 0 Å². The van der Waals surface area contributed by atoms with Crippen LogP contribution in [0.5, 0.6) is 11.5 Å². The van der Waals surface area contributed by atoms with Crippen LogP contribution in [0.25, 0.3) is 0 Å². The van der Waals surface area contributed by atoms with E-state index in [1.807, 2.05) is 0 Å². The fourth-order valence-corrected chi connectivity index (χ4v) is 1.94. The summed E-state index contributed by atoms with van der Waals surface area (Å²) in [6.45, 7) is 0.740. The number of halogens is 3. The first-order valence-corrected chi connectivity index (χ1v) is 5.95. The second-order valence-corrected chi connectivity index (χ2v) is 4.21. The highest BCUT2D eigenvalue weighted by atomic mass is 19.4. The normalized spacial score (nSPS) is 14.9. The third kappa shape index (κ3) is 3.19. The molecule has 0 radical (unpaired) electrons. The molecule has 0 fully saturated rings. The number of carbonyl (C=O) groups excluding carboxylic acids is 1. The van der Waals surface area contributed by atoms with Gasteiger partial charge in [-0.05, 0) is 24.1 Å². The quantitative estimate of drug-likeness (QED) is 0.795. The molecule has 0 aliphatic carbocycles. The monoisotopic (exact) mass is 274 g/mol. The molecule has 0 spiro atoms. The molecule has 1 aliphatic heterocycles. The average Bonchev–Trinajstić information content (AvgIpc) is 2.58. The van der Waals surface area contributed by atoms with E-state index < -0.39 is 11.7 Å². The van der Waals surface area contributed by atoms with Gasteiger partial charge >= 0.3 is 6.18 Å². The molecule has 19 heavy (non-hydrogen) atoms. The molecule has 0 saturated heterocycles. The van der Waals surface area contributed by atoms with Crippen molar-refractivity contribution in [3.63, 3.8) is 0 Å². The smallest absolute Gasteiger partial charge is 0.416 e. The first kappa shape index (κ1) is 13.7. The molecule has 0 amide bonds. The Morgan fingerprint density at radius 3 is 2.37 bits per heavy atom. The topological polar surface area (TPSA) is 35.5 Å². The van der Waals surface area contributed by atoms with Gasteiger partial charge in [0.2, 0.25) is 0 Å². The third-order valence-corrected chi connectivity index (χ3v) is 2.81. The molecule has 1 heterocycles. The molecular weight excluding hydrogens is 261 g/mol. The number of aryl methyl sites for hydroxylation is 1. The molecule has 6 heteroatoms. The van der Waals surface area contributed by atoms with Crippen LogP contribution in [-0.4, -0.2) is 19.5 Å². The molecule has 1 aromatic rings. The highest BCUT2D eigenvalue weighted by Gasteiger charge is 2.34. The van der Waals surface area contributed by atoms with Crippen LogP contribution in [0.3, 0.4) is 0 Å². The summed E-state index contributed by atoms with van der Waals surface area (Å²) in [6, 6.07) is 2.29. The van der Waals surface area contributed by atoms with E-state index in [0.717, 1.165) is 6.07 Å². The van der Waals surface area contributed by atoms with Gasteiger partial charge in [-0.3, -0.25) is 0 Å². The Bertz CT molecular complexity index is 469. The second kappa shape index (κ2) is 5.50. The fraction of sp³-hybridized carbons (Fsp3) is 0.462. The number of hydrogen-bond acceptors (Lipinski definition) is 3. The maximum atomic E-state index is 13.0. The molecule has 0 atom stereocenters. The van der Waals surface area contributed by atoms with E-state index >= 15 is 0 Å². The highest BCUT2D eigenvalue weighted by molar-refractivity contribution is 5.53. The number of hydrogen-bond donors (Lipinski definition) is 0. The molecule has 0 N–H and O–H groups in total. The largest absolute Gasteiger partial charge is 0.490 e. The van der Waals surface area contributed by atoms with Crippen molar-refractivity contribution < 1.29 is 27.4 Å². The SMILES string of the molecule is O=CCCc1cc2c(cc1C(F)(F)F)OCCCO2. The number of ether oxygens (including phenoxy) is 2. The summed E-state index contributed by atoms with van der Waals surface area (Å²) in [7, 11) is 0. The summed E-state index contributed by atoms with van der Waals surface area (Å²) in [5, 5.41) is 0. The predicted octanol–water partition coefficient (Wildman–Crippen LogP) is 3.00. The predicted molar refractivity (Wildman–Crippen MR) is 61.4 cm³/mol. The molecule has 104 valence electrons. The Morgan fingerprint density at radius 1 is 1.16 bits per heavy atom. The van der Waals surface area contributed by atoms with Gasteiger partial charge in [-0.1, -0.05) is 0 Å². The van der Waals surface area contributed by atoms with E-state index in [1.54, 1.807) is 0 Å². The number of aldehydes is 1. The van der Waals surface area contributed by atoms with Crippen LogP contribution in [0.2, 0.25) is 0 Å². The summed E-state index contributed by atoms with van der Waals surface area (Å²) >= 11 is 0. The minimum absolute atomic E-state index is 0.0367. The molecule has 1 aliphatic rings. The minimum atomic E-state index is -4.47. The van der Waals surface area contributed by atoms with Gasteiger partial charge in [0.05, 0.1) is 18.8 Å². The highest BCUT2D eigenvalue weighted by Crippen LogP contribution is 2.40. The Balaban J connectivity index is 2.44. The maximum Gasteiger partial charge on any atom is 0.416 e. The number of benzene rings is 1. The molecule has 3 nitrogen and oxygen atoms in total. The lowest BCUT2D eigenvalue weighted by Crippen LogP contribution is -2.10. The molecule has 1 aromatic carbocycles. The van der Waals surface area contributed by atoms with Crippen molar-refractivity contribution in [2.45, 2.75) is 25.4 Å². The van der Waals surface area contributed by atoms with Gasteiger partial charge < -0.3 is 14.3 Å². The first-order chi connectivity index (χ1) is 9.02. The van der Waals surface area contributed by atoms with Crippen LogP contribution in [-0.2, 0) is 17.4 Å². The van der Waals surface area contributed by atoms with E-state index in [9.17, 15) is 18.0 Å². The zero-order valence-corrected chi connectivity index (χ0v) is 10.1. The first-order valence-electron chi connectivity index (χ1n) is 5.95. The van der Waals surface area contributed by atoms with Crippen molar-refractivity contribution in [1.82, 2.24) is 0 Å². The van der Waals surface area contributed by atoms with Crippen LogP contribution >= 0.6 is 0 Å². The van der Waals surface area contributed by atoms with Crippen molar-refractivity contribution >= 4 is 6.29 Å². The molecule has 0 unspecified atom stereocenters. The molecule has 0 saturated carbocycles. The van der Waals surface area contributed by atoms with Crippen molar-refractivity contribution in [3.05, 3.63) is 23.3 Å². The average molecular weight is 274 g/mol. The van der Waals surface area contributed by atoms with Gasteiger partial charge in [-0.2, -0.15) is 13.2 Å². The van der Waals surface area contributed by atoms with Crippen molar-refractivity contribution in [2.24, 2.45) is 0 Å². The number of rotatable bonds is 3. The van der Waals surface area contributed by atoms with Gasteiger partial charge in [0.1, 0.15) is 6.29 Å². The van der Waals surface area contributed by atoms with Crippen LogP contribution in [0.15, 0.2) is 12.1 Å². The lowest BCUT2D eigenvalue weighted by molar-refractivity contribution is -0.138. The van der Waals surface area contributed by atoms with Gasteiger partial charge in [0.15, 0.2) is 11.5 Å². The Labute approximate surface area is 108 Å². The van der Waals surface area contributed by atoms with Crippen LogP contribution in [0.1, 0.15) is 24.0 Å². The van der Waals surface area contributed by atoms with Gasteiger partial charge in [0.25, 0.3) is 0 Å². The summed E-state index contributed by atoms with van der Waals surface area (Å²) in [4.78, 5) is 10.3. The zero-order chi connectivity index (χ0) is 13.9. The number of fused-ring (bicyclic) bond motifs is 1. The molecule has 0 bridgehead atoms. The van der Waals surface area contributed by atoms with Crippen molar-refractivity contribution in [3.8, 4) is 11.5 Å². The maximum absolute atomic E-state index is 13.0. The van der Waals surface area contributed by atoms with E-state index in [2.05, 4.69) is 0 Å².